The third-order valence-corrected chi connectivity index (χ3v) is 3.53. The van der Waals surface area contributed by atoms with E-state index in [1.165, 1.54) is 6.20 Å². The number of anilines is 1. The van der Waals surface area contributed by atoms with E-state index in [2.05, 4.69) is 10.3 Å². The molecule has 1 amide bonds. The Morgan fingerprint density at radius 1 is 1.58 bits per heavy atom. The largest absolute Gasteiger partial charge is 0.377 e. The van der Waals surface area contributed by atoms with Gasteiger partial charge in [-0.05, 0) is 19.9 Å². The maximum Gasteiger partial charge on any atom is 0.256 e. The van der Waals surface area contributed by atoms with Crippen LogP contribution >= 0.6 is 11.6 Å². The number of halogens is 1. The van der Waals surface area contributed by atoms with Crippen molar-refractivity contribution in [2.45, 2.75) is 19.4 Å². The average molecular weight is 284 g/mol. The van der Waals surface area contributed by atoms with Gasteiger partial charge < -0.3 is 15.0 Å². The number of hydrogen-bond donors (Lipinski definition) is 1. The second-order valence-corrected chi connectivity index (χ2v) is 5.53. The van der Waals surface area contributed by atoms with Gasteiger partial charge in [-0.2, -0.15) is 0 Å². The van der Waals surface area contributed by atoms with Crippen LogP contribution in [-0.2, 0) is 4.74 Å². The van der Waals surface area contributed by atoms with E-state index < -0.39 is 0 Å². The second kappa shape index (κ2) is 5.35. The van der Waals surface area contributed by atoms with Gasteiger partial charge in [0.15, 0.2) is 0 Å². The molecule has 0 bridgehead atoms. The standard InChI is InChI=1S/C13H18ClN3O2/c1-13(2)8-19-5-4-17(13)12(18)9-6-11(15-3)16-7-10(9)14/h6-7H,4-5,8H2,1-3H3,(H,15,16). The van der Waals surface area contributed by atoms with Crippen molar-refractivity contribution >= 4 is 23.3 Å². The highest BCUT2D eigenvalue weighted by Crippen LogP contribution is 2.25. The molecule has 2 heterocycles. The van der Waals surface area contributed by atoms with Gasteiger partial charge in [0.1, 0.15) is 5.82 Å². The Kier molecular flexibility index (Phi) is 3.96. The van der Waals surface area contributed by atoms with Gasteiger partial charge in [0, 0.05) is 19.8 Å². The molecule has 0 saturated carbocycles. The number of carbonyl (C=O) groups excluding carboxylic acids is 1. The fourth-order valence-electron chi connectivity index (χ4n) is 2.12. The number of aromatic nitrogens is 1. The summed E-state index contributed by atoms with van der Waals surface area (Å²) in [6.45, 7) is 5.62. The van der Waals surface area contributed by atoms with Crippen molar-refractivity contribution in [3.63, 3.8) is 0 Å². The normalized spacial score (nSPS) is 18.2. The van der Waals surface area contributed by atoms with Crippen molar-refractivity contribution in [1.82, 2.24) is 9.88 Å². The second-order valence-electron chi connectivity index (χ2n) is 5.12. The van der Waals surface area contributed by atoms with Gasteiger partial charge in [-0.3, -0.25) is 4.79 Å². The summed E-state index contributed by atoms with van der Waals surface area (Å²) in [5, 5.41) is 3.27. The first-order valence-corrected chi connectivity index (χ1v) is 6.56. The Morgan fingerprint density at radius 3 is 2.95 bits per heavy atom. The van der Waals surface area contributed by atoms with E-state index in [9.17, 15) is 4.79 Å². The highest BCUT2D eigenvalue weighted by atomic mass is 35.5. The summed E-state index contributed by atoms with van der Waals surface area (Å²) < 4.78 is 5.42. The first kappa shape index (κ1) is 14.1. The summed E-state index contributed by atoms with van der Waals surface area (Å²) in [6.07, 6.45) is 1.49. The number of carbonyl (C=O) groups is 1. The van der Waals surface area contributed by atoms with Crippen molar-refractivity contribution in [2.75, 3.05) is 32.1 Å². The molecule has 1 fully saturated rings. The van der Waals surface area contributed by atoms with Gasteiger partial charge in [-0.1, -0.05) is 11.6 Å². The molecule has 0 spiro atoms. The number of hydrogen-bond acceptors (Lipinski definition) is 4. The zero-order chi connectivity index (χ0) is 14.0. The summed E-state index contributed by atoms with van der Waals surface area (Å²) >= 11 is 6.09. The molecule has 0 aliphatic carbocycles. The van der Waals surface area contributed by atoms with Crippen molar-refractivity contribution in [3.8, 4) is 0 Å². The number of amides is 1. The Hall–Kier alpha value is -1.33. The van der Waals surface area contributed by atoms with Crippen LogP contribution in [0.2, 0.25) is 5.02 Å². The Bertz CT molecular complexity index is 491. The van der Waals surface area contributed by atoms with Gasteiger partial charge in [0.25, 0.3) is 5.91 Å². The van der Waals surface area contributed by atoms with E-state index in [-0.39, 0.29) is 11.4 Å². The van der Waals surface area contributed by atoms with Gasteiger partial charge in [-0.15, -0.1) is 0 Å². The predicted octanol–water partition coefficient (Wildman–Crippen LogP) is 2.03. The van der Waals surface area contributed by atoms with Crippen molar-refractivity contribution in [2.24, 2.45) is 0 Å². The molecular formula is C13H18ClN3O2. The van der Waals surface area contributed by atoms with Crippen molar-refractivity contribution in [3.05, 3.63) is 22.8 Å². The van der Waals surface area contributed by atoms with E-state index in [1.54, 1.807) is 18.0 Å². The minimum absolute atomic E-state index is 0.0859. The fourth-order valence-corrected chi connectivity index (χ4v) is 2.30. The Labute approximate surface area is 117 Å². The minimum Gasteiger partial charge on any atom is -0.377 e. The average Bonchev–Trinajstić information content (AvgIpc) is 2.38. The molecule has 0 atom stereocenters. The Balaban J connectivity index is 2.33. The lowest BCUT2D eigenvalue weighted by atomic mass is 10.0. The molecule has 104 valence electrons. The topological polar surface area (TPSA) is 54.5 Å². The molecule has 1 saturated heterocycles. The smallest absolute Gasteiger partial charge is 0.256 e. The number of morpholine rings is 1. The molecule has 0 unspecified atom stereocenters. The molecule has 0 aromatic carbocycles. The van der Waals surface area contributed by atoms with Gasteiger partial charge >= 0.3 is 0 Å². The number of rotatable bonds is 2. The van der Waals surface area contributed by atoms with Crippen molar-refractivity contribution in [1.29, 1.82) is 0 Å². The summed E-state index contributed by atoms with van der Waals surface area (Å²) in [5.41, 5.74) is 0.137. The van der Waals surface area contributed by atoms with Crippen LogP contribution in [0.15, 0.2) is 12.3 Å². The van der Waals surface area contributed by atoms with E-state index in [4.69, 9.17) is 16.3 Å². The Morgan fingerprint density at radius 2 is 2.32 bits per heavy atom. The summed E-state index contributed by atoms with van der Waals surface area (Å²) in [4.78, 5) is 18.5. The molecule has 1 aliphatic rings. The zero-order valence-electron chi connectivity index (χ0n) is 11.4. The van der Waals surface area contributed by atoms with Gasteiger partial charge in [0.2, 0.25) is 0 Å². The lowest BCUT2D eigenvalue weighted by Gasteiger charge is -2.42. The molecule has 19 heavy (non-hydrogen) atoms. The van der Waals surface area contributed by atoms with Crippen LogP contribution < -0.4 is 5.32 Å². The third-order valence-electron chi connectivity index (χ3n) is 3.23. The monoisotopic (exact) mass is 283 g/mol. The predicted molar refractivity (Wildman–Crippen MR) is 74.7 cm³/mol. The summed E-state index contributed by atoms with van der Waals surface area (Å²) in [6, 6.07) is 1.68. The lowest BCUT2D eigenvalue weighted by Crippen LogP contribution is -2.55. The number of nitrogens with one attached hydrogen (secondary N) is 1. The number of nitrogens with zero attached hydrogens (tertiary/aromatic N) is 2. The SMILES string of the molecule is CNc1cc(C(=O)N2CCOCC2(C)C)c(Cl)cn1. The lowest BCUT2D eigenvalue weighted by molar-refractivity contribution is -0.0370. The third kappa shape index (κ3) is 2.82. The quantitative estimate of drug-likeness (QED) is 0.902. The number of pyridine rings is 1. The zero-order valence-corrected chi connectivity index (χ0v) is 12.1. The first-order chi connectivity index (χ1) is 8.95. The molecular weight excluding hydrogens is 266 g/mol. The molecule has 1 aliphatic heterocycles. The molecule has 6 heteroatoms. The van der Waals surface area contributed by atoms with E-state index >= 15 is 0 Å². The summed E-state index contributed by atoms with van der Waals surface area (Å²) in [7, 11) is 1.75. The maximum absolute atomic E-state index is 12.6. The maximum atomic E-state index is 12.6. The van der Waals surface area contributed by atoms with Crippen LogP contribution in [-0.4, -0.2) is 48.1 Å². The highest BCUT2D eigenvalue weighted by molar-refractivity contribution is 6.33. The van der Waals surface area contributed by atoms with Crippen LogP contribution in [0.25, 0.3) is 0 Å². The molecule has 1 aromatic rings. The van der Waals surface area contributed by atoms with Crippen LogP contribution in [0.5, 0.6) is 0 Å². The summed E-state index contributed by atoms with van der Waals surface area (Å²) in [5.74, 6) is 0.538. The van der Waals surface area contributed by atoms with Gasteiger partial charge in [-0.25, -0.2) is 4.98 Å². The van der Waals surface area contributed by atoms with Crippen LogP contribution in [0.1, 0.15) is 24.2 Å². The van der Waals surface area contributed by atoms with Crippen LogP contribution in [0.3, 0.4) is 0 Å². The molecule has 0 radical (unpaired) electrons. The van der Waals surface area contributed by atoms with Crippen molar-refractivity contribution < 1.29 is 9.53 Å². The highest BCUT2D eigenvalue weighted by Gasteiger charge is 2.35. The van der Waals surface area contributed by atoms with Crippen LogP contribution in [0, 0.1) is 0 Å². The first-order valence-electron chi connectivity index (χ1n) is 6.19. The van der Waals surface area contributed by atoms with Crippen LogP contribution in [0.4, 0.5) is 5.82 Å². The molecule has 5 nitrogen and oxygen atoms in total. The van der Waals surface area contributed by atoms with E-state index in [0.29, 0.717) is 36.2 Å². The fraction of sp³-hybridized carbons (Fsp3) is 0.538. The minimum atomic E-state index is -0.332. The van der Waals surface area contributed by atoms with Gasteiger partial charge in [0.05, 0.1) is 29.3 Å². The van der Waals surface area contributed by atoms with E-state index in [1.807, 2.05) is 13.8 Å². The van der Waals surface area contributed by atoms with E-state index in [0.717, 1.165) is 0 Å². The molecule has 1 N–H and O–H groups in total. The molecule has 2 rings (SSSR count). The number of ether oxygens (including phenoxy) is 1. The molecule has 1 aromatic heterocycles.